The summed E-state index contributed by atoms with van der Waals surface area (Å²) >= 11 is 0. The Morgan fingerprint density at radius 3 is 2.90 bits per heavy atom. The summed E-state index contributed by atoms with van der Waals surface area (Å²) in [5, 5.41) is 5.29. The molecule has 1 N–H and O–H groups in total. The van der Waals surface area contributed by atoms with E-state index in [0.29, 0.717) is 37.8 Å². The second kappa shape index (κ2) is 7.67. The Labute approximate surface area is 173 Å². The van der Waals surface area contributed by atoms with Crippen molar-refractivity contribution in [2.24, 2.45) is 0 Å². The van der Waals surface area contributed by atoms with Crippen LogP contribution in [0, 0.1) is 0 Å². The highest BCUT2D eigenvalue weighted by Crippen LogP contribution is 2.30. The number of ether oxygens (including phenoxy) is 1. The minimum atomic E-state index is -0.0630. The van der Waals surface area contributed by atoms with Gasteiger partial charge in [0.25, 0.3) is 5.89 Å². The number of benzene rings is 2. The number of amides is 1. The topological polar surface area (TPSA) is 84.2 Å². The Bertz CT molecular complexity index is 1180. The fourth-order valence-electron chi connectivity index (χ4n) is 3.87. The van der Waals surface area contributed by atoms with Crippen LogP contribution >= 0.6 is 0 Å². The summed E-state index contributed by atoms with van der Waals surface area (Å²) in [4.78, 5) is 22.1. The van der Waals surface area contributed by atoms with Gasteiger partial charge in [-0.2, -0.15) is 4.98 Å². The molecule has 5 rings (SSSR count). The van der Waals surface area contributed by atoms with Gasteiger partial charge in [0, 0.05) is 42.7 Å². The molecule has 7 nitrogen and oxygen atoms in total. The molecule has 1 aliphatic rings. The van der Waals surface area contributed by atoms with E-state index in [2.05, 4.69) is 15.1 Å². The van der Waals surface area contributed by atoms with Crippen molar-refractivity contribution in [1.29, 1.82) is 0 Å². The summed E-state index contributed by atoms with van der Waals surface area (Å²) in [6.07, 6.45) is 2.29. The van der Waals surface area contributed by atoms with Gasteiger partial charge in [0.1, 0.15) is 5.75 Å². The predicted octanol–water partition coefficient (Wildman–Crippen LogP) is 4.13. The van der Waals surface area contributed by atoms with Crippen LogP contribution in [-0.4, -0.2) is 39.1 Å². The molecule has 0 bridgehead atoms. The third kappa shape index (κ3) is 3.54. The normalized spacial score (nSPS) is 16.5. The molecular weight excluding hydrogens is 380 g/mol. The van der Waals surface area contributed by atoms with Gasteiger partial charge in [0.2, 0.25) is 5.91 Å². The number of nitrogens with zero attached hydrogens (tertiary/aromatic N) is 3. The first kappa shape index (κ1) is 18.4. The Kier molecular flexibility index (Phi) is 4.71. The van der Waals surface area contributed by atoms with Crippen molar-refractivity contribution in [2.45, 2.75) is 25.8 Å². The molecule has 0 spiro atoms. The first-order valence-electron chi connectivity index (χ1n) is 10.1. The number of H-pyrrole nitrogens is 1. The monoisotopic (exact) mass is 402 g/mol. The van der Waals surface area contributed by atoms with E-state index < -0.39 is 0 Å². The fraction of sp³-hybridized carbons (Fsp3) is 0.261. The van der Waals surface area contributed by atoms with Crippen molar-refractivity contribution in [2.75, 3.05) is 13.2 Å². The van der Waals surface area contributed by atoms with E-state index in [1.165, 1.54) is 0 Å². The van der Waals surface area contributed by atoms with Crippen LogP contribution in [0.2, 0.25) is 0 Å². The van der Waals surface area contributed by atoms with Gasteiger partial charge in [-0.1, -0.05) is 23.4 Å². The number of hydrogen-bond donors (Lipinski definition) is 1. The standard InChI is InChI=1S/C23H22N4O3/c1-2-29-19-7-3-15(4-8-19)13-27-14-18(12-21(27)28)22-25-23(30-26-22)17-6-5-16-9-10-24-20(16)11-17/h3-11,18,24H,2,12-14H2,1H3. The summed E-state index contributed by atoms with van der Waals surface area (Å²) in [5.41, 5.74) is 2.95. The van der Waals surface area contributed by atoms with Crippen molar-refractivity contribution >= 4 is 16.8 Å². The highest BCUT2D eigenvalue weighted by Gasteiger charge is 2.33. The molecule has 7 heteroatoms. The Balaban J connectivity index is 1.28. The van der Waals surface area contributed by atoms with Crippen LogP contribution in [0.15, 0.2) is 59.3 Å². The number of carbonyl (C=O) groups excluding carboxylic acids is 1. The third-order valence-corrected chi connectivity index (χ3v) is 5.43. The average molecular weight is 402 g/mol. The van der Waals surface area contributed by atoms with E-state index in [4.69, 9.17) is 9.26 Å². The minimum absolute atomic E-state index is 0.0630. The third-order valence-electron chi connectivity index (χ3n) is 5.43. The lowest BCUT2D eigenvalue weighted by molar-refractivity contribution is -0.128. The summed E-state index contributed by atoms with van der Waals surface area (Å²) in [7, 11) is 0. The van der Waals surface area contributed by atoms with Gasteiger partial charge < -0.3 is 19.1 Å². The van der Waals surface area contributed by atoms with Gasteiger partial charge in [0.15, 0.2) is 5.82 Å². The Morgan fingerprint density at radius 2 is 2.07 bits per heavy atom. The van der Waals surface area contributed by atoms with Crippen LogP contribution in [0.25, 0.3) is 22.4 Å². The summed E-state index contributed by atoms with van der Waals surface area (Å²) in [6.45, 7) is 3.74. The van der Waals surface area contributed by atoms with E-state index >= 15 is 0 Å². The molecule has 1 saturated heterocycles. The van der Waals surface area contributed by atoms with Crippen molar-refractivity contribution in [3.63, 3.8) is 0 Å². The molecular formula is C23H22N4O3. The summed E-state index contributed by atoms with van der Waals surface area (Å²) < 4.78 is 11.0. The summed E-state index contributed by atoms with van der Waals surface area (Å²) in [6, 6.07) is 15.8. The van der Waals surface area contributed by atoms with E-state index in [-0.39, 0.29) is 11.8 Å². The molecule has 1 amide bonds. The van der Waals surface area contributed by atoms with Gasteiger partial charge in [-0.25, -0.2) is 0 Å². The molecule has 0 radical (unpaired) electrons. The molecule has 2 aromatic carbocycles. The van der Waals surface area contributed by atoms with Crippen LogP contribution in [0.5, 0.6) is 5.75 Å². The number of nitrogens with one attached hydrogen (secondary N) is 1. The van der Waals surface area contributed by atoms with Crippen molar-refractivity contribution < 1.29 is 14.1 Å². The fourth-order valence-corrected chi connectivity index (χ4v) is 3.87. The second-order valence-electron chi connectivity index (χ2n) is 7.49. The first-order chi connectivity index (χ1) is 14.7. The molecule has 1 aliphatic heterocycles. The maximum absolute atomic E-state index is 12.5. The number of fused-ring (bicyclic) bond motifs is 1. The number of likely N-dealkylation sites (tertiary alicyclic amines) is 1. The highest BCUT2D eigenvalue weighted by molar-refractivity contribution is 5.83. The smallest absolute Gasteiger partial charge is 0.258 e. The molecule has 1 atom stereocenters. The molecule has 1 unspecified atom stereocenters. The maximum Gasteiger partial charge on any atom is 0.258 e. The molecule has 4 aromatic rings. The van der Waals surface area contributed by atoms with Crippen LogP contribution in [0.1, 0.15) is 30.7 Å². The van der Waals surface area contributed by atoms with E-state index in [1.54, 1.807) is 0 Å². The summed E-state index contributed by atoms with van der Waals surface area (Å²) in [5.74, 6) is 1.93. The van der Waals surface area contributed by atoms with Crippen molar-refractivity contribution in [1.82, 2.24) is 20.0 Å². The van der Waals surface area contributed by atoms with Crippen molar-refractivity contribution in [3.05, 3.63) is 66.1 Å². The lowest BCUT2D eigenvalue weighted by Gasteiger charge is -2.16. The van der Waals surface area contributed by atoms with Gasteiger partial charge in [-0.15, -0.1) is 0 Å². The zero-order chi connectivity index (χ0) is 20.5. The van der Waals surface area contributed by atoms with Gasteiger partial charge >= 0.3 is 0 Å². The van der Waals surface area contributed by atoms with E-state index in [9.17, 15) is 4.79 Å². The molecule has 0 aliphatic carbocycles. The second-order valence-corrected chi connectivity index (χ2v) is 7.49. The molecule has 3 heterocycles. The van der Waals surface area contributed by atoms with Crippen molar-refractivity contribution in [3.8, 4) is 17.2 Å². The number of rotatable bonds is 6. The molecule has 152 valence electrons. The zero-order valence-corrected chi connectivity index (χ0v) is 16.7. The van der Waals surface area contributed by atoms with Gasteiger partial charge in [-0.05, 0) is 48.2 Å². The molecule has 1 fully saturated rings. The minimum Gasteiger partial charge on any atom is -0.494 e. The maximum atomic E-state index is 12.5. The Morgan fingerprint density at radius 1 is 1.20 bits per heavy atom. The largest absolute Gasteiger partial charge is 0.494 e. The highest BCUT2D eigenvalue weighted by atomic mass is 16.5. The van der Waals surface area contributed by atoms with E-state index in [0.717, 1.165) is 27.8 Å². The quantitative estimate of drug-likeness (QED) is 0.524. The number of carbonyl (C=O) groups is 1. The van der Waals surface area contributed by atoms with Crippen LogP contribution in [0.4, 0.5) is 0 Å². The number of aromatic amines is 1. The number of hydrogen-bond acceptors (Lipinski definition) is 5. The lowest BCUT2D eigenvalue weighted by atomic mass is 10.1. The SMILES string of the molecule is CCOc1ccc(CN2CC(c3noc(-c4ccc5cc[nH]c5c4)n3)CC2=O)cc1. The average Bonchev–Trinajstić information content (AvgIpc) is 3.49. The van der Waals surface area contributed by atoms with Crippen LogP contribution in [-0.2, 0) is 11.3 Å². The lowest BCUT2D eigenvalue weighted by Crippen LogP contribution is -2.24. The van der Waals surface area contributed by atoms with Crippen LogP contribution < -0.4 is 4.74 Å². The van der Waals surface area contributed by atoms with Gasteiger partial charge in [0.05, 0.1) is 6.61 Å². The molecule has 2 aromatic heterocycles. The predicted molar refractivity (Wildman–Crippen MR) is 112 cm³/mol. The van der Waals surface area contributed by atoms with E-state index in [1.807, 2.05) is 66.6 Å². The Hall–Kier alpha value is -3.61. The number of aromatic nitrogens is 3. The molecule has 30 heavy (non-hydrogen) atoms. The van der Waals surface area contributed by atoms with Crippen LogP contribution in [0.3, 0.4) is 0 Å². The van der Waals surface area contributed by atoms with Gasteiger partial charge in [-0.3, -0.25) is 4.79 Å². The molecule has 0 saturated carbocycles. The first-order valence-corrected chi connectivity index (χ1v) is 10.1. The zero-order valence-electron chi connectivity index (χ0n) is 16.7.